The Kier molecular flexibility index (Phi) is 7.28. The number of urea groups is 1. The van der Waals surface area contributed by atoms with Gasteiger partial charge in [-0.2, -0.15) is 10.2 Å². The van der Waals surface area contributed by atoms with Crippen LogP contribution in [0.2, 0.25) is 5.15 Å². The second-order valence-electron chi connectivity index (χ2n) is 9.28. The van der Waals surface area contributed by atoms with Crippen LogP contribution in [0.15, 0.2) is 85.5 Å². The van der Waals surface area contributed by atoms with Gasteiger partial charge in [0.2, 0.25) is 0 Å². The third-order valence-corrected chi connectivity index (χ3v) is 7.21. The van der Waals surface area contributed by atoms with Crippen molar-refractivity contribution in [3.63, 3.8) is 0 Å². The average molecular weight is 587 g/mol. The smallest absolute Gasteiger partial charge is 0.316 e. The van der Waals surface area contributed by atoms with Gasteiger partial charge in [-0.3, -0.25) is 5.10 Å². The van der Waals surface area contributed by atoms with Crippen LogP contribution in [0.4, 0.5) is 10.6 Å². The molecule has 3 heterocycles. The normalized spacial score (nSPS) is 12.7. The van der Waals surface area contributed by atoms with Crippen molar-refractivity contribution in [2.24, 2.45) is 0 Å². The number of para-hydroxylation sites is 1. The van der Waals surface area contributed by atoms with Gasteiger partial charge in [-0.25, -0.2) is 19.4 Å². The van der Waals surface area contributed by atoms with Gasteiger partial charge in [-0.1, -0.05) is 77.8 Å². The number of nitrogens with one attached hydrogen (secondary N) is 4. The van der Waals surface area contributed by atoms with Crippen LogP contribution in [0.1, 0.15) is 28.5 Å². The van der Waals surface area contributed by atoms with Crippen LogP contribution >= 0.6 is 23.2 Å². The zero-order valence-corrected chi connectivity index (χ0v) is 22.9. The molecule has 3 aromatic heterocycles. The van der Waals surface area contributed by atoms with Gasteiger partial charge in [-0.15, -0.1) is 0 Å². The molecular formula is C28H24Cl2N10O. The quantitative estimate of drug-likeness (QED) is 0.120. The van der Waals surface area contributed by atoms with E-state index in [0.29, 0.717) is 40.2 Å². The minimum Gasteiger partial charge on any atom is -0.382 e. The number of anilines is 1. The Hall–Kier alpha value is -4.87. The van der Waals surface area contributed by atoms with Gasteiger partial charge < -0.3 is 21.4 Å². The Morgan fingerprint density at radius 2 is 1.85 bits per heavy atom. The lowest BCUT2D eigenvalue weighted by Gasteiger charge is -2.20. The van der Waals surface area contributed by atoms with E-state index in [1.807, 2.05) is 72.8 Å². The summed E-state index contributed by atoms with van der Waals surface area (Å²) < 4.78 is 1.59. The van der Waals surface area contributed by atoms with Crippen molar-refractivity contribution in [1.29, 1.82) is 0 Å². The van der Waals surface area contributed by atoms with Crippen molar-refractivity contribution in [2.45, 2.75) is 18.0 Å². The van der Waals surface area contributed by atoms with Crippen molar-refractivity contribution < 1.29 is 4.79 Å². The first-order chi connectivity index (χ1) is 20.0. The standard InChI is InChI=1S/C28H24Cl2N10O/c29-24(19-8-4-5-9-22(19)40-15-32-14-33-40)37-28(41)34-21(12-16-6-2-1-3-7-16)27-35-23(25(30)36-27)17-10-11-18-20(13-17)38-39-26(18)31/h1-11,13-15,21,24H,12H2,(H,35,36)(H3,31,38,39)(H2,34,37,41)/t21-,24+/m0/s1. The fourth-order valence-corrected chi connectivity index (χ4v) is 5.15. The molecule has 0 unspecified atom stereocenters. The zero-order valence-electron chi connectivity index (χ0n) is 21.4. The Morgan fingerprint density at radius 1 is 1.05 bits per heavy atom. The molecule has 2 amide bonds. The number of nitrogen functional groups attached to an aromatic ring is 1. The van der Waals surface area contributed by atoms with Crippen LogP contribution in [0.5, 0.6) is 0 Å². The topological polar surface area (TPSA) is 155 Å². The monoisotopic (exact) mass is 586 g/mol. The maximum absolute atomic E-state index is 13.3. The fraction of sp³-hybridized carbons (Fsp3) is 0.107. The number of alkyl halides is 1. The minimum atomic E-state index is -0.850. The molecule has 206 valence electrons. The minimum absolute atomic E-state index is 0.337. The number of amides is 2. The number of benzene rings is 3. The van der Waals surface area contributed by atoms with Gasteiger partial charge in [0, 0.05) is 16.5 Å². The average Bonchev–Trinajstić information content (AvgIpc) is 3.74. The van der Waals surface area contributed by atoms with E-state index in [9.17, 15) is 4.79 Å². The summed E-state index contributed by atoms with van der Waals surface area (Å²) in [5.74, 6) is 0.905. The second kappa shape index (κ2) is 11.3. The zero-order chi connectivity index (χ0) is 28.3. The number of halogens is 2. The predicted octanol–water partition coefficient (Wildman–Crippen LogP) is 5.29. The molecule has 6 N–H and O–H groups in total. The van der Waals surface area contributed by atoms with Crippen LogP contribution in [-0.2, 0) is 6.42 Å². The number of hydrogen-bond acceptors (Lipinski definition) is 6. The highest BCUT2D eigenvalue weighted by atomic mass is 35.5. The first kappa shape index (κ1) is 26.4. The molecule has 0 bridgehead atoms. The summed E-state index contributed by atoms with van der Waals surface area (Å²) in [7, 11) is 0. The Morgan fingerprint density at radius 3 is 2.66 bits per heavy atom. The third kappa shape index (κ3) is 5.58. The molecule has 6 aromatic rings. The lowest BCUT2D eigenvalue weighted by molar-refractivity contribution is 0.235. The highest BCUT2D eigenvalue weighted by Gasteiger charge is 2.24. The molecule has 2 atom stereocenters. The molecule has 0 spiro atoms. The van der Waals surface area contributed by atoms with E-state index < -0.39 is 17.6 Å². The van der Waals surface area contributed by atoms with Crippen molar-refractivity contribution in [3.05, 3.63) is 108 Å². The van der Waals surface area contributed by atoms with Gasteiger partial charge in [0.05, 0.1) is 17.2 Å². The molecule has 41 heavy (non-hydrogen) atoms. The largest absolute Gasteiger partial charge is 0.382 e. The Balaban J connectivity index is 1.26. The summed E-state index contributed by atoms with van der Waals surface area (Å²) in [5, 5.41) is 18.1. The van der Waals surface area contributed by atoms with Gasteiger partial charge in [0.25, 0.3) is 0 Å². The van der Waals surface area contributed by atoms with Crippen LogP contribution < -0.4 is 16.4 Å². The highest BCUT2D eigenvalue weighted by Crippen LogP contribution is 2.31. The number of nitrogens with two attached hydrogens (primary N) is 1. The summed E-state index contributed by atoms with van der Waals surface area (Å²) in [5.41, 5.74) is 9.48. The Labute approximate surface area is 244 Å². The first-order valence-electron chi connectivity index (χ1n) is 12.6. The fourth-order valence-electron chi connectivity index (χ4n) is 4.62. The summed E-state index contributed by atoms with van der Waals surface area (Å²) in [6, 6.07) is 21.7. The van der Waals surface area contributed by atoms with Crippen molar-refractivity contribution in [2.75, 3.05) is 5.73 Å². The summed E-state index contributed by atoms with van der Waals surface area (Å²) in [6.07, 6.45) is 3.45. The number of carbonyl (C=O) groups excluding carboxylic acids is 1. The molecule has 0 aliphatic heterocycles. The van der Waals surface area contributed by atoms with Crippen molar-refractivity contribution in [3.8, 4) is 16.9 Å². The second-order valence-corrected chi connectivity index (χ2v) is 10.1. The number of H-pyrrole nitrogens is 2. The van der Waals surface area contributed by atoms with Crippen LogP contribution in [-0.4, -0.2) is 41.0 Å². The van der Waals surface area contributed by atoms with E-state index in [1.54, 1.807) is 11.0 Å². The summed E-state index contributed by atoms with van der Waals surface area (Å²) in [4.78, 5) is 25.2. The van der Waals surface area contributed by atoms with Crippen LogP contribution in [0.3, 0.4) is 0 Å². The van der Waals surface area contributed by atoms with E-state index in [4.69, 9.17) is 33.9 Å². The van der Waals surface area contributed by atoms with Crippen molar-refractivity contribution >= 4 is 46.0 Å². The number of aromatic nitrogens is 7. The third-order valence-electron chi connectivity index (χ3n) is 6.59. The first-order valence-corrected chi connectivity index (χ1v) is 13.5. The SMILES string of the molecule is Nc1n[nH]c2cc(-c3nc([C@H](Cc4ccccc4)NC(=O)N[C@@H](Cl)c4ccccc4-n4cncn4)[nH]c3Cl)ccc12. The van der Waals surface area contributed by atoms with Crippen LogP contribution in [0.25, 0.3) is 27.8 Å². The highest BCUT2D eigenvalue weighted by molar-refractivity contribution is 6.32. The number of aromatic amines is 2. The van der Waals surface area contributed by atoms with Gasteiger partial charge in [0.1, 0.15) is 34.8 Å². The molecule has 0 saturated heterocycles. The number of carbonyl (C=O) groups is 1. The number of hydrogen-bond donors (Lipinski definition) is 5. The summed E-state index contributed by atoms with van der Waals surface area (Å²) in [6.45, 7) is 0. The number of fused-ring (bicyclic) bond motifs is 1. The molecule has 6 rings (SSSR count). The predicted molar refractivity (Wildman–Crippen MR) is 158 cm³/mol. The molecule has 0 fully saturated rings. The molecule has 0 aliphatic rings. The molecule has 0 radical (unpaired) electrons. The van der Waals surface area contributed by atoms with E-state index in [2.05, 4.69) is 35.9 Å². The molecule has 0 saturated carbocycles. The van der Waals surface area contributed by atoms with Gasteiger partial charge in [0.15, 0.2) is 5.82 Å². The van der Waals surface area contributed by atoms with E-state index in [-0.39, 0.29) is 0 Å². The number of rotatable bonds is 8. The van der Waals surface area contributed by atoms with E-state index in [0.717, 1.165) is 22.0 Å². The summed E-state index contributed by atoms with van der Waals surface area (Å²) >= 11 is 13.3. The molecule has 11 nitrogen and oxygen atoms in total. The lowest BCUT2D eigenvalue weighted by Crippen LogP contribution is -2.40. The Bertz CT molecular complexity index is 1800. The number of imidazole rings is 1. The molecule has 13 heteroatoms. The molecule has 0 aliphatic carbocycles. The van der Waals surface area contributed by atoms with Crippen LogP contribution in [0, 0.1) is 0 Å². The number of nitrogens with zero attached hydrogens (tertiary/aromatic N) is 5. The lowest BCUT2D eigenvalue weighted by atomic mass is 10.1. The van der Waals surface area contributed by atoms with Crippen molar-refractivity contribution in [1.82, 2.24) is 45.6 Å². The molecule has 3 aromatic carbocycles. The maximum Gasteiger partial charge on any atom is 0.316 e. The van der Waals surface area contributed by atoms with E-state index >= 15 is 0 Å². The van der Waals surface area contributed by atoms with E-state index in [1.165, 1.54) is 6.33 Å². The van der Waals surface area contributed by atoms with Gasteiger partial charge >= 0.3 is 6.03 Å². The maximum atomic E-state index is 13.3. The van der Waals surface area contributed by atoms with Gasteiger partial charge in [-0.05, 0) is 30.2 Å². The molecular weight excluding hydrogens is 563 g/mol.